The van der Waals surface area contributed by atoms with Crippen LogP contribution in [0.3, 0.4) is 0 Å². The van der Waals surface area contributed by atoms with Crippen LogP contribution in [-0.2, 0) is 16.8 Å². The molecule has 3 aliphatic rings. The molecule has 1 amide bonds. The van der Waals surface area contributed by atoms with Crippen LogP contribution < -0.4 is 16.0 Å². The molecule has 0 aliphatic carbocycles. The summed E-state index contributed by atoms with van der Waals surface area (Å²) in [5.74, 6) is 0.887. The smallest absolute Gasteiger partial charge is 0.219 e. The van der Waals surface area contributed by atoms with Gasteiger partial charge in [0.25, 0.3) is 0 Å². The number of nitrogens with one attached hydrogen (secondary N) is 1. The van der Waals surface area contributed by atoms with Crippen molar-refractivity contribution in [3.05, 3.63) is 99.0 Å². The van der Waals surface area contributed by atoms with Crippen molar-refractivity contribution < 1.29 is 4.79 Å². The van der Waals surface area contributed by atoms with Crippen molar-refractivity contribution in [1.29, 1.82) is 0 Å². The Bertz CT molecular complexity index is 1530. The number of carbonyl (C=O) groups excluding carboxylic acids is 1. The van der Waals surface area contributed by atoms with Crippen LogP contribution in [0.2, 0.25) is 10.0 Å². The number of carbonyl (C=O) groups is 1. The molecule has 0 aromatic heterocycles. The van der Waals surface area contributed by atoms with E-state index in [-0.39, 0.29) is 28.7 Å². The highest BCUT2D eigenvalue weighted by molar-refractivity contribution is 6.31. The lowest BCUT2D eigenvalue weighted by Crippen LogP contribution is -2.50. The van der Waals surface area contributed by atoms with E-state index in [1.807, 2.05) is 35.2 Å². The molecular weight excluding hydrogens is 577 g/mol. The minimum atomic E-state index is -0.231. The predicted molar refractivity (Wildman–Crippen MR) is 177 cm³/mol. The first-order valence-electron chi connectivity index (χ1n) is 15.2. The first kappa shape index (κ1) is 30.0. The third-order valence-electron chi connectivity index (χ3n) is 10.3. The van der Waals surface area contributed by atoms with Crippen molar-refractivity contribution in [2.75, 3.05) is 38.1 Å². The standard InChI is InChI=1S/C35H41Cl2N5O/c1-23(43)41-16-14-34(2,15-17-41)19-32-35(29(20-40-32)27-6-4-5-7-30(27)37)22-42(31-13-12-26(36)18-28(31)35)21-24-8-10-25(11-9-24)33(38)39-3/h4-13,18,29,32,40H,14-17,19-22H2,1-3H3,(H2,38,39)/t29-,32+,35-/m1/s1. The van der Waals surface area contributed by atoms with Crippen molar-refractivity contribution >= 4 is 40.6 Å². The van der Waals surface area contributed by atoms with E-state index in [0.29, 0.717) is 5.84 Å². The molecule has 8 heteroatoms. The summed E-state index contributed by atoms with van der Waals surface area (Å²) in [6.07, 6.45) is 3.02. The van der Waals surface area contributed by atoms with Crippen molar-refractivity contribution in [3.63, 3.8) is 0 Å². The van der Waals surface area contributed by atoms with Crippen LogP contribution >= 0.6 is 23.2 Å². The van der Waals surface area contributed by atoms with Gasteiger partial charge in [-0.05, 0) is 65.6 Å². The lowest BCUT2D eigenvalue weighted by atomic mass is 9.62. The highest BCUT2D eigenvalue weighted by atomic mass is 35.5. The molecule has 3 heterocycles. The van der Waals surface area contributed by atoms with Crippen LogP contribution in [0.4, 0.5) is 5.69 Å². The highest BCUT2D eigenvalue weighted by Crippen LogP contribution is 2.57. The van der Waals surface area contributed by atoms with Gasteiger partial charge in [-0.15, -0.1) is 0 Å². The van der Waals surface area contributed by atoms with Crippen molar-refractivity contribution in [2.24, 2.45) is 16.1 Å². The molecule has 0 unspecified atom stereocenters. The maximum Gasteiger partial charge on any atom is 0.219 e. The van der Waals surface area contributed by atoms with Gasteiger partial charge in [-0.1, -0.05) is 72.6 Å². The van der Waals surface area contributed by atoms with Crippen molar-refractivity contribution in [2.45, 2.75) is 57.0 Å². The van der Waals surface area contributed by atoms with Crippen LogP contribution in [0.15, 0.2) is 71.7 Å². The van der Waals surface area contributed by atoms with Crippen LogP contribution in [0.5, 0.6) is 0 Å². The van der Waals surface area contributed by atoms with E-state index in [4.69, 9.17) is 28.9 Å². The Labute approximate surface area is 265 Å². The summed E-state index contributed by atoms with van der Waals surface area (Å²) >= 11 is 13.7. The second-order valence-electron chi connectivity index (χ2n) is 12.9. The highest BCUT2D eigenvalue weighted by Gasteiger charge is 2.58. The van der Waals surface area contributed by atoms with Gasteiger partial charge < -0.3 is 20.9 Å². The normalized spacial score (nSPS) is 24.9. The average molecular weight is 619 g/mol. The van der Waals surface area contributed by atoms with Crippen LogP contribution in [0, 0.1) is 5.41 Å². The van der Waals surface area contributed by atoms with E-state index in [2.05, 4.69) is 58.5 Å². The summed E-state index contributed by atoms with van der Waals surface area (Å²) in [4.78, 5) is 20.7. The van der Waals surface area contributed by atoms with Gasteiger partial charge in [0.1, 0.15) is 5.84 Å². The number of rotatable bonds is 6. The molecule has 2 saturated heterocycles. The molecule has 1 spiro atoms. The van der Waals surface area contributed by atoms with Gasteiger partial charge in [-0.3, -0.25) is 9.79 Å². The zero-order chi connectivity index (χ0) is 30.4. The number of benzene rings is 3. The maximum absolute atomic E-state index is 12.1. The number of hydrogen-bond donors (Lipinski definition) is 2. The van der Waals surface area contributed by atoms with E-state index in [9.17, 15) is 4.79 Å². The first-order chi connectivity index (χ1) is 20.6. The van der Waals surface area contributed by atoms with Crippen LogP contribution in [-0.4, -0.2) is 55.9 Å². The fraction of sp³-hybridized carbons (Fsp3) is 0.429. The van der Waals surface area contributed by atoms with Crippen LogP contribution in [0.1, 0.15) is 61.3 Å². The number of fused-ring (bicyclic) bond motifs is 2. The maximum atomic E-state index is 12.1. The fourth-order valence-electron chi connectivity index (χ4n) is 7.84. The molecule has 3 aliphatic heterocycles. The van der Waals surface area contributed by atoms with E-state index >= 15 is 0 Å². The van der Waals surface area contributed by atoms with Gasteiger partial charge in [-0.25, -0.2) is 0 Å². The lowest BCUT2D eigenvalue weighted by molar-refractivity contribution is -0.131. The van der Waals surface area contributed by atoms with Gasteiger partial charge in [0.05, 0.1) is 0 Å². The quantitative estimate of drug-likeness (QED) is 0.249. The first-order valence-corrected chi connectivity index (χ1v) is 16.0. The monoisotopic (exact) mass is 617 g/mol. The molecule has 6 nitrogen and oxygen atoms in total. The molecule has 0 saturated carbocycles. The molecule has 0 bridgehead atoms. The second-order valence-corrected chi connectivity index (χ2v) is 13.8. The summed E-state index contributed by atoms with van der Waals surface area (Å²) in [5, 5.41) is 5.57. The number of nitrogens with zero attached hydrogens (tertiary/aromatic N) is 3. The van der Waals surface area contributed by atoms with Gasteiger partial charge in [0.15, 0.2) is 0 Å². The lowest BCUT2D eigenvalue weighted by Gasteiger charge is -2.45. The molecule has 3 aromatic rings. The van der Waals surface area contributed by atoms with Gasteiger partial charge in [-0.2, -0.15) is 0 Å². The van der Waals surface area contributed by atoms with Gasteiger partial charge >= 0.3 is 0 Å². The summed E-state index contributed by atoms with van der Waals surface area (Å²) in [6, 6.07) is 23.3. The minimum Gasteiger partial charge on any atom is -0.384 e. The van der Waals surface area contributed by atoms with E-state index in [1.165, 1.54) is 22.4 Å². The van der Waals surface area contributed by atoms with Crippen molar-refractivity contribution in [3.8, 4) is 0 Å². The topological polar surface area (TPSA) is 74.0 Å². The second kappa shape index (κ2) is 11.8. The Kier molecular flexibility index (Phi) is 8.22. The summed E-state index contributed by atoms with van der Waals surface area (Å²) < 4.78 is 0. The van der Waals surface area contributed by atoms with E-state index < -0.39 is 0 Å². The third kappa shape index (κ3) is 5.54. The number of nitrogens with two attached hydrogens (primary N) is 1. The molecule has 2 fully saturated rings. The number of hydrogen-bond acceptors (Lipinski definition) is 4. The molecular formula is C35H41Cl2N5O. The molecule has 6 rings (SSSR count). The molecule has 226 valence electrons. The Morgan fingerprint density at radius 1 is 1.07 bits per heavy atom. The Morgan fingerprint density at radius 2 is 1.79 bits per heavy atom. The van der Waals surface area contributed by atoms with Gasteiger partial charge in [0.2, 0.25) is 5.91 Å². The van der Waals surface area contributed by atoms with Crippen molar-refractivity contribution in [1.82, 2.24) is 10.2 Å². The zero-order valence-electron chi connectivity index (χ0n) is 25.2. The van der Waals surface area contributed by atoms with Gasteiger partial charge in [0, 0.05) is 85.4 Å². The largest absolute Gasteiger partial charge is 0.384 e. The number of halogens is 2. The number of anilines is 1. The zero-order valence-corrected chi connectivity index (χ0v) is 26.8. The molecule has 43 heavy (non-hydrogen) atoms. The number of amides is 1. The summed E-state index contributed by atoms with van der Waals surface area (Å²) in [5.41, 5.74) is 11.8. The number of piperidine rings is 1. The predicted octanol–water partition coefficient (Wildman–Crippen LogP) is 6.38. The third-order valence-corrected chi connectivity index (χ3v) is 10.9. The summed E-state index contributed by atoms with van der Waals surface area (Å²) in [6.45, 7) is 8.18. The minimum absolute atomic E-state index is 0.120. The molecule has 3 N–H and O–H groups in total. The number of aliphatic imine (C=N–C) groups is 1. The fourth-order valence-corrected chi connectivity index (χ4v) is 8.27. The Hall–Kier alpha value is -3.06. The number of likely N-dealkylation sites (tertiary alicyclic amines) is 1. The molecule has 0 radical (unpaired) electrons. The number of amidine groups is 1. The van der Waals surface area contributed by atoms with E-state index in [0.717, 1.165) is 67.6 Å². The Balaban J connectivity index is 1.40. The molecule has 3 aromatic carbocycles. The average Bonchev–Trinajstić information content (AvgIpc) is 3.50. The molecule has 3 atom stereocenters. The van der Waals surface area contributed by atoms with Crippen LogP contribution in [0.25, 0.3) is 0 Å². The summed E-state index contributed by atoms with van der Waals surface area (Å²) in [7, 11) is 1.71. The Morgan fingerprint density at radius 3 is 2.47 bits per heavy atom. The van der Waals surface area contributed by atoms with E-state index in [1.54, 1.807) is 14.0 Å². The SMILES string of the molecule is CN=C(N)c1ccc(CN2C[C@]3(c4cc(Cl)ccc42)[C@H](CC2(C)CCN(C(C)=O)CC2)NC[C@@H]3c2ccccc2Cl)cc1.